The van der Waals surface area contributed by atoms with Gasteiger partial charge in [-0.15, -0.1) is 24.8 Å². The molecule has 0 saturated heterocycles. The van der Waals surface area contributed by atoms with E-state index in [4.69, 9.17) is 0 Å². The molecular weight excluding hydrogens is 354 g/mol. The van der Waals surface area contributed by atoms with Crippen molar-refractivity contribution in [2.45, 2.75) is 47.5 Å². The van der Waals surface area contributed by atoms with E-state index in [1.807, 2.05) is 0 Å². The Kier molecular flexibility index (Phi) is 7.46. The van der Waals surface area contributed by atoms with Crippen LogP contribution < -0.4 is 0 Å². The molecule has 0 heterocycles. The first-order valence-electron chi connectivity index (χ1n) is 6.35. The van der Waals surface area contributed by atoms with Crippen LogP contribution in [0.1, 0.15) is 47.5 Å². The van der Waals surface area contributed by atoms with Crippen molar-refractivity contribution in [3.63, 3.8) is 0 Å². The summed E-state index contributed by atoms with van der Waals surface area (Å²) in [6.45, 7) is 11.4. The average molecular weight is 378 g/mol. The summed E-state index contributed by atoms with van der Waals surface area (Å²) in [5.74, 6) is 0. The van der Waals surface area contributed by atoms with Crippen LogP contribution in [0.25, 0.3) is 0 Å². The van der Waals surface area contributed by atoms with Crippen molar-refractivity contribution < 1.29 is 21.3 Å². The molecule has 0 fully saturated rings. The molecule has 19 heavy (non-hydrogen) atoms. The Morgan fingerprint density at radius 2 is 1.47 bits per heavy atom. The Bertz CT molecular complexity index is 531. The van der Waals surface area contributed by atoms with Gasteiger partial charge in [0.25, 0.3) is 0 Å². The summed E-state index contributed by atoms with van der Waals surface area (Å²) in [7, 11) is 0. The monoisotopic (exact) mass is 376 g/mol. The second-order valence-corrected chi connectivity index (χ2v) is 10.9. The van der Waals surface area contributed by atoms with Gasteiger partial charge in [-0.1, -0.05) is 0 Å². The maximum absolute atomic E-state index is 4.61. The molecule has 0 amide bonds. The van der Waals surface area contributed by atoms with Crippen LogP contribution in [-0.4, -0.2) is 4.21 Å². The first-order chi connectivity index (χ1) is 7.91. The fourth-order valence-electron chi connectivity index (χ4n) is 2.66. The van der Waals surface area contributed by atoms with Gasteiger partial charge in [-0.2, -0.15) is 0 Å². The Balaban J connectivity index is 0.00000162. The normalized spacial score (nSPS) is 18.5. The van der Waals surface area contributed by atoms with E-state index in [0.29, 0.717) is 0 Å². The summed E-state index contributed by atoms with van der Waals surface area (Å²) < 4.78 is 8.03. The molecule has 0 N–H and O–H groups in total. The maximum atomic E-state index is 4.61. The SMILES string of the molecule is Cl.Cl.[CH2]=[Zr]([C]1=CC(C)=C(C)C1)[C]1=C(C)C(C)=C(C)C1. The Morgan fingerprint density at radius 3 is 1.84 bits per heavy atom. The van der Waals surface area contributed by atoms with Crippen LogP contribution in [0.5, 0.6) is 0 Å². The first kappa shape index (κ1) is 19.3. The van der Waals surface area contributed by atoms with Gasteiger partial charge in [-0.05, 0) is 0 Å². The van der Waals surface area contributed by atoms with Gasteiger partial charge in [0.05, 0.1) is 0 Å². The number of halogens is 2. The van der Waals surface area contributed by atoms with Gasteiger partial charge in [0.1, 0.15) is 0 Å². The van der Waals surface area contributed by atoms with Gasteiger partial charge < -0.3 is 0 Å². The van der Waals surface area contributed by atoms with Crippen molar-refractivity contribution in [3.8, 4) is 0 Å². The second-order valence-electron chi connectivity index (χ2n) is 5.47. The fourth-order valence-corrected chi connectivity index (χ4v) is 8.50. The molecule has 0 nitrogen and oxygen atoms in total. The molecule has 2 aliphatic rings. The summed E-state index contributed by atoms with van der Waals surface area (Å²) in [6.07, 6.45) is 4.85. The van der Waals surface area contributed by atoms with E-state index in [1.54, 1.807) is 23.3 Å². The van der Waals surface area contributed by atoms with Crippen LogP contribution >= 0.6 is 24.8 Å². The van der Waals surface area contributed by atoms with Gasteiger partial charge in [0, 0.05) is 0 Å². The zero-order chi connectivity index (χ0) is 12.7. The zero-order valence-corrected chi connectivity index (χ0v) is 16.6. The Labute approximate surface area is 137 Å². The quantitative estimate of drug-likeness (QED) is 0.594. The fraction of sp³-hybridized carbons (Fsp3) is 0.438. The molecule has 3 heteroatoms. The van der Waals surface area contributed by atoms with Gasteiger partial charge in [0.2, 0.25) is 0 Å². The predicted octanol–water partition coefficient (Wildman–Crippen LogP) is 5.52. The summed E-state index contributed by atoms with van der Waals surface area (Å²) in [5, 5.41) is 0. The number of hydrogen-bond donors (Lipinski definition) is 0. The third-order valence-electron chi connectivity index (χ3n) is 4.37. The van der Waals surface area contributed by atoms with E-state index in [9.17, 15) is 0 Å². The molecule has 0 aromatic rings. The van der Waals surface area contributed by atoms with Crippen molar-refractivity contribution in [2.75, 3.05) is 0 Å². The van der Waals surface area contributed by atoms with Crippen molar-refractivity contribution in [1.82, 2.24) is 0 Å². The molecule has 0 unspecified atom stereocenters. The predicted molar refractivity (Wildman–Crippen MR) is 88.4 cm³/mol. The van der Waals surface area contributed by atoms with E-state index >= 15 is 0 Å². The summed E-state index contributed by atoms with van der Waals surface area (Å²) in [6, 6.07) is 0. The number of allylic oxidation sites excluding steroid dienone is 8. The van der Waals surface area contributed by atoms with Crippen LogP contribution in [0.2, 0.25) is 0 Å². The van der Waals surface area contributed by atoms with Crippen LogP contribution in [-0.2, 0) is 21.3 Å². The second kappa shape index (κ2) is 7.34. The van der Waals surface area contributed by atoms with Crippen molar-refractivity contribution in [2.24, 2.45) is 0 Å². The van der Waals surface area contributed by atoms with Crippen LogP contribution in [0.15, 0.2) is 40.5 Å². The number of rotatable bonds is 2. The standard InChI is InChI=1S/C8H11.C7H9.CH2.2ClH.Zr/c1-6-4-5-7(2)8(6)3;1-6-4-3-5-7(6)2;;;;/h4H2,1-3H3;4H,5H2,1-2H3;1H2;2*1H;. The van der Waals surface area contributed by atoms with Gasteiger partial charge in [-0.3, -0.25) is 0 Å². The molecule has 0 aromatic heterocycles. The van der Waals surface area contributed by atoms with Crippen LogP contribution in [0, 0.1) is 0 Å². The summed E-state index contributed by atoms with van der Waals surface area (Å²) in [5.41, 5.74) is 7.70. The van der Waals surface area contributed by atoms with E-state index in [-0.39, 0.29) is 24.8 Å². The molecule has 0 spiro atoms. The molecule has 0 atom stereocenters. The third kappa shape index (κ3) is 3.69. The summed E-state index contributed by atoms with van der Waals surface area (Å²) >= 11 is -1.73. The molecule has 0 radical (unpaired) electrons. The van der Waals surface area contributed by atoms with Crippen LogP contribution in [0.4, 0.5) is 0 Å². The van der Waals surface area contributed by atoms with Gasteiger partial charge >= 0.3 is 113 Å². The van der Waals surface area contributed by atoms with Gasteiger partial charge in [-0.25, -0.2) is 0 Å². The van der Waals surface area contributed by atoms with Gasteiger partial charge in [0.15, 0.2) is 0 Å². The molecule has 106 valence electrons. The molecule has 0 aliphatic heterocycles. The minimum absolute atomic E-state index is 0. The van der Waals surface area contributed by atoms with E-state index in [1.165, 1.54) is 24.0 Å². The van der Waals surface area contributed by atoms with E-state index in [2.05, 4.69) is 44.9 Å². The minimum atomic E-state index is -1.73. The number of hydrogen-bond acceptors (Lipinski definition) is 0. The molecule has 2 aliphatic carbocycles. The Morgan fingerprint density at radius 1 is 0.895 bits per heavy atom. The van der Waals surface area contributed by atoms with Crippen molar-refractivity contribution >= 4 is 29.0 Å². The summed E-state index contributed by atoms with van der Waals surface area (Å²) in [4.78, 5) is 0. The average Bonchev–Trinajstić information content (AvgIpc) is 2.74. The molecule has 2 rings (SSSR count). The topological polar surface area (TPSA) is 0 Å². The molecule has 0 saturated carbocycles. The van der Waals surface area contributed by atoms with Crippen molar-refractivity contribution in [3.05, 3.63) is 40.5 Å². The molecule has 0 aromatic carbocycles. The molecule has 0 bridgehead atoms. The first-order valence-corrected chi connectivity index (χ1v) is 10.5. The third-order valence-corrected chi connectivity index (χ3v) is 10.2. The molecular formula is C16H24Cl2Zr. The van der Waals surface area contributed by atoms with E-state index < -0.39 is 21.3 Å². The van der Waals surface area contributed by atoms with Crippen LogP contribution in [0.3, 0.4) is 0 Å². The Hall–Kier alpha value is 0.293. The van der Waals surface area contributed by atoms with Crippen molar-refractivity contribution in [1.29, 1.82) is 0 Å². The van der Waals surface area contributed by atoms with E-state index in [0.717, 1.165) is 0 Å². The zero-order valence-electron chi connectivity index (χ0n) is 12.5.